The predicted molar refractivity (Wildman–Crippen MR) is 320 cm³/mol. The number of cyclic esters (lactones) is 1. The average molecular weight is 1100 g/mol. The van der Waals surface area contributed by atoms with Crippen molar-refractivity contribution in [3.8, 4) is 0 Å². The molecule has 5 saturated heterocycles. The van der Waals surface area contributed by atoms with Gasteiger partial charge in [-0.1, -0.05) is 81.2 Å². The number of nitrogens with one attached hydrogen (secondary N) is 3. The second-order valence-corrected chi connectivity index (χ2v) is 26.1. The molecular weight excluding hydrogens is 991 g/mol. The van der Waals surface area contributed by atoms with Crippen molar-refractivity contribution in [1.82, 2.24) is 40.8 Å². The highest BCUT2D eigenvalue weighted by molar-refractivity contribution is 6.01. The molecule has 1 aromatic carbocycles. The lowest BCUT2D eigenvalue weighted by Crippen LogP contribution is -2.70. The Bertz CT molecular complexity index is 2470. The number of fused-ring (bicyclic) bond motifs is 3. The third-order valence-electron chi connectivity index (χ3n) is 19.9. The second-order valence-electron chi connectivity index (χ2n) is 26.1. The first kappa shape index (κ1) is 59.7. The summed E-state index contributed by atoms with van der Waals surface area (Å²) in [7, 11) is 1.77. The van der Waals surface area contributed by atoms with Gasteiger partial charge in [-0.15, -0.1) is 0 Å². The van der Waals surface area contributed by atoms with Crippen LogP contribution >= 0.6 is 0 Å². The van der Waals surface area contributed by atoms with Crippen LogP contribution in [0.5, 0.6) is 0 Å². The molecule has 8 atom stereocenters. The standard InChI is InChI=1S/C63H97N9O6.CH4.2H2/c1-10-13-24-69-27-28-70(47-36-77-37-47)35-41(4)42(5)58(69)59(73)66-57-54(71-38-63(39-71)21-14-15-22-63)20-26-68(23-11-2)46-18-19-49-48(12-3)55(51-29-44(45-32-64-33-45)34-65-56(51)43(6)76-9)52(50(49)30-46)31-62(7,8)40-78-61(75)53-17-16-25-72(67-53)60(57)74;;;/h18-19,29-30,34,41-43,45,47-48,53-54,57-58,64,67H,10-17,20-28,31-33,35-40H2,1-9H3,(H,66,73);1H4;2*1H/t41?,42?,43-,48?,53?,54+,57-,58-;;;/m0.../s1. The highest BCUT2D eigenvalue weighted by Gasteiger charge is 2.51. The molecule has 1 aromatic heterocycles. The number of hydrogen-bond acceptors (Lipinski definition) is 13. The topological polar surface area (TPSA) is 144 Å². The van der Waals surface area contributed by atoms with Gasteiger partial charge in [0.2, 0.25) is 5.91 Å². The number of unbranched alkanes of at least 4 members (excludes halogenated alkanes) is 1. The Kier molecular flexibility index (Phi) is 19.4. The maximum Gasteiger partial charge on any atom is 0.324 e. The molecule has 7 heterocycles. The summed E-state index contributed by atoms with van der Waals surface area (Å²) >= 11 is 0. The van der Waals surface area contributed by atoms with E-state index in [0.717, 1.165) is 109 Å². The smallest absolute Gasteiger partial charge is 0.324 e. The Morgan fingerprint density at radius 3 is 2.39 bits per heavy atom. The number of methoxy groups -OCH3 is 1. The number of pyridine rings is 1. The molecule has 15 nitrogen and oxygen atoms in total. The number of hydrazine groups is 1. The van der Waals surface area contributed by atoms with E-state index in [9.17, 15) is 4.79 Å². The number of esters is 1. The van der Waals surface area contributed by atoms with E-state index in [0.29, 0.717) is 50.7 Å². The zero-order valence-corrected chi connectivity index (χ0v) is 49.2. The van der Waals surface area contributed by atoms with E-state index in [2.05, 4.69) is 122 Å². The molecule has 8 aliphatic rings. The minimum atomic E-state index is -0.837. The van der Waals surface area contributed by atoms with Gasteiger partial charge < -0.3 is 29.7 Å². The summed E-state index contributed by atoms with van der Waals surface area (Å²) < 4.78 is 18.1. The number of allylic oxidation sites excluding steroid dienone is 2. The van der Waals surface area contributed by atoms with Crippen LogP contribution in [0, 0.1) is 22.7 Å². The highest BCUT2D eigenvalue weighted by atomic mass is 16.5. The zero-order chi connectivity index (χ0) is 54.9. The Morgan fingerprint density at radius 1 is 0.949 bits per heavy atom. The van der Waals surface area contributed by atoms with Gasteiger partial charge >= 0.3 is 5.97 Å². The van der Waals surface area contributed by atoms with Crippen molar-refractivity contribution in [2.24, 2.45) is 22.7 Å². The fraction of sp³-hybridized carbons (Fsp3) is 0.750. The van der Waals surface area contributed by atoms with Gasteiger partial charge in [0.05, 0.1) is 43.7 Å². The normalized spacial score (nSPS) is 29.8. The van der Waals surface area contributed by atoms with E-state index in [4.69, 9.17) is 19.2 Å². The molecular formula is C64H105N9O6. The molecule has 10 rings (SSSR count). The van der Waals surface area contributed by atoms with Crippen LogP contribution in [-0.4, -0.2) is 172 Å². The molecule has 6 aliphatic heterocycles. The number of anilines is 1. The number of ether oxygens (including phenoxy) is 3. The van der Waals surface area contributed by atoms with E-state index in [1.165, 1.54) is 59.2 Å². The van der Waals surface area contributed by atoms with E-state index in [-0.39, 0.29) is 70.0 Å². The lowest BCUT2D eigenvalue weighted by atomic mass is 9.76. The quantitative estimate of drug-likeness (QED) is 0.155. The van der Waals surface area contributed by atoms with Crippen LogP contribution < -0.4 is 21.0 Å². The molecule has 2 amide bonds. The molecule has 1 saturated carbocycles. The van der Waals surface area contributed by atoms with Crippen LogP contribution in [-0.2, 0) is 28.6 Å². The molecule has 6 fully saturated rings. The summed E-state index contributed by atoms with van der Waals surface area (Å²) in [5.74, 6) is 0.282. The molecule has 442 valence electrons. The van der Waals surface area contributed by atoms with Crippen molar-refractivity contribution < 1.29 is 31.4 Å². The lowest BCUT2D eigenvalue weighted by molar-refractivity contribution is -0.157. The van der Waals surface area contributed by atoms with Crippen molar-refractivity contribution in [3.63, 3.8) is 0 Å². The molecule has 2 aromatic rings. The van der Waals surface area contributed by atoms with Gasteiger partial charge in [-0.3, -0.25) is 39.1 Å². The first-order valence-corrected chi connectivity index (χ1v) is 30.9. The summed E-state index contributed by atoms with van der Waals surface area (Å²) in [4.78, 5) is 61.4. The number of carbonyl (C=O) groups excluding carboxylic acids is 3. The Morgan fingerprint density at radius 2 is 1.72 bits per heavy atom. The highest BCUT2D eigenvalue weighted by Crippen LogP contribution is 2.54. The molecule has 15 heteroatoms. The average Bonchev–Trinajstić information content (AvgIpc) is 4.25. The number of aromatic nitrogens is 1. The molecule has 1 spiro atoms. The summed E-state index contributed by atoms with van der Waals surface area (Å²) in [6.45, 7) is 28.8. The molecule has 4 unspecified atom stereocenters. The van der Waals surface area contributed by atoms with Gasteiger partial charge in [0, 0.05) is 116 Å². The number of nitrogens with zero attached hydrogens (tertiary/aromatic N) is 6. The van der Waals surface area contributed by atoms with Gasteiger partial charge in [0.15, 0.2) is 0 Å². The number of amides is 2. The van der Waals surface area contributed by atoms with Gasteiger partial charge in [-0.05, 0) is 135 Å². The van der Waals surface area contributed by atoms with E-state index in [1.54, 1.807) is 12.1 Å². The summed E-state index contributed by atoms with van der Waals surface area (Å²) in [6.07, 6.45) is 13.2. The number of hydrogen-bond donors (Lipinski definition) is 3. The third-order valence-corrected chi connectivity index (χ3v) is 19.9. The predicted octanol–water partition coefficient (Wildman–Crippen LogP) is 9.28. The van der Waals surface area contributed by atoms with E-state index in [1.807, 2.05) is 0 Å². The Balaban J connectivity index is 0.00000315. The lowest BCUT2D eigenvalue weighted by Gasteiger charge is -2.54. The maximum absolute atomic E-state index is 15.8. The summed E-state index contributed by atoms with van der Waals surface area (Å²) in [5, 5.41) is 8.78. The first-order valence-electron chi connectivity index (χ1n) is 30.9. The minimum Gasteiger partial charge on any atom is -0.464 e. The SMILES string of the molecule is C.CCCCN1CCN(C2COC2)CC(C)C(C)[C@H]1C(=O)N[C@@H]1C(=O)N2CCCC(N2)C(=O)OCC(C)(C)CC2=C(c3cc(C4CNC4)cnc3[C@H](C)OC)C(CC)c3ccc(cc32)N(CCC)CC[C@H]1N1CC2(CCCC2)C1.[HH].[HH]. The van der Waals surface area contributed by atoms with Crippen LogP contribution in [0.1, 0.15) is 189 Å². The van der Waals surface area contributed by atoms with Crippen molar-refractivity contribution >= 4 is 34.6 Å². The summed E-state index contributed by atoms with van der Waals surface area (Å²) in [6, 6.07) is 7.81. The van der Waals surface area contributed by atoms with Crippen molar-refractivity contribution in [2.75, 3.05) is 104 Å². The largest absolute Gasteiger partial charge is 0.464 e. The first-order chi connectivity index (χ1) is 37.6. The number of benzene rings is 1. The number of rotatable bonds is 14. The monoisotopic (exact) mass is 1100 g/mol. The van der Waals surface area contributed by atoms with Gasteiger partial charge in [0.25, 0.3) is 5.91 Å². The minimum absolute atomic E-state index is 0. The molecule has 3 N–H and O–H groups in total. The van der Waals surface area contributed by atoms with Crippen LogP contribution in [0.15, 0.2) is 30.5 Å². The molecule has 0 radical (unpaired) electrons. The van der Waals surface area contributed by atoms with Crippen molar-refractivity contribution in [2.45, 2.75) is 188 Å². The number of likely N-dealkylation sites (tertiary alicyclic amines) is 1. The van der Waals surface area contributed by atoms with Crippen LogP contribution in [0.2, 0.25) is 0 Å². The van der Waals surface area contributed by atoms with Gasteiger partial charge in [-0.2, -0.15) is 0 Å². The molecule has 79 heavy (non-hydrogen) atoms. The van der Waals surface area contributed by atoms with Crippen LogP contribution in [0.25, 0.3) is 11.1 Å². The molecule has 2 aliphatic carbocycles. The van der Waals surface area contributed by atoms with E-state index >= 15 is 9.59 Å². The maximum atomic E-state index is 15.8. The van der Waals surface area contributed by atoms with Gasteiger partial charge in [0.1, 0.15) is 12.1 Å². The second kappa shape index (κ2) is 25.7. The zero-order valence-electron chi connectivity index (χ0n) is 49.2. The Labute approximate surface area is 478 Å². The van der Waals surface area contributed by atoms with Crippen molar-refractivity contribution in [1.29, 1.82) is 0 Å². The van der Waals surface area contributed by atoms with Crippen LogP contribution in [0.3, 0.4) is 0 Å². The molecule has 4 bridgehead atoms. The van der Waals surface area contributed by atoms with Crippen molar-refractivity contribution in [3.05, 3.63) is 58.4 Å². The van der Waals surface area contributed by atoms with Crippen LogP contribution in [0.4, 0.5) is 5.69 Å². The van der Waals surface area contributed by atoms with Gasteiger partial charge in [-0.25, -0.2) is 5.43 Å². The third kappa shape index (κ3) is 12.5. The summed E-state index contributed by atoms with van der Waals surface area (Å²) in [5.41, 5.74) is 13.0. The Hall–Kier alpha value is -3.96. The fourth-order valence-corrected chi connectivity index (χ4v) is 14.8. The fourth-order valence-electron chi connectivity index (χ4n) is 14.8. The van der Waals surface area contributed by atoms with E-state index < -0.39 is 23.5 Å². The number of carbonyl (C=O) groups is 3.